The number of hydrogen-bond donors (Lipinski definition) is 1. The van der Waals surface area contributed by atoms with Gasteiger partial charge in [0.25, 0.3) is 5.91 Å². The monoisotopic (exact) mass is 535 g/mol. The maximum atomic E-state index is 15.0. The highest BCUT2D eigenvalue weighted by molar-refractivity contribution is 5.94. The number of carbonyl (C=O) groups excluding carboxylic acids is 4. The highest BCUT2D eigenvalue weighted by atomic mass is 19.1. The lowest BCUT2D eigenvalue weighted by molar-refractivity contribution is -0.143. The molecule has 14 heteroatoms. The fourth-order valence-electron chi connectivity index (χ4n) is 4.27. The molecule has 1 N–H and O–H groups in total. The van der Waals surface area contributed by atoms with E-state index in [2.05, 4.69) is 10.5 Å². The molecule has 2 aromatic rings. The van der Waals surface area contributed by atoms with Gasteiger partial charge in [-0.25, -0.2) is 13.6 Å². The van der Waals surface area contributed by atoms with Gasteiger partial charge in [-0.15, -0.1) is 0 Å². The van der Waals surface area contributed by atoms with Crippen LogP contribution in [0.25, 0.3) is 0 Å². The lowest BCUT2D eigenvalue weighted by Crippen LogP contribution is -2.51. The topological polar surface area (TPSA) is 135 Å². The first kappa shape index (κ1) is 26.8. The first-order valence-electron chi connectivity index (χ1n) is 12.1. The van der Waals surface area contributed by atoms with Gasteiger partial charge in [-0.1, -0.05) is 5.16 Å². The number of piperazine rings is 1. The van der Waals surface area contributed by atoms with Crippen LogP contribution in [0.3, 0.4) is 0 Å². The van der Waals surface area contributed by atoms with Crippen LogP contribution in [0, 0.1) is 11.6 Å². The van der Waals surface area contributed by atoms with Crippen molar-refractivity contribution in [3.63, 3.8) is 0 Å². The number of carbonyl (C=O) groups is 4. The van der Waals surface area contributed by atoms with E-state index in [-0.39, 0.29) is 81.8 Å². The Hall–Kier alpha value is -4.23. The summed E-state index contributed by atoms with van der Waals surface area (Å²) in [5.74, 6) is -3.08. The highest BCUT2D eigenvalue weighted by Gasteiger charge is 2.34. The second-order valence-electron chi connectivity index (χ2n) is 8.65. The maximum Gasteiger partial charge on any atom is 0.414 e. The van der Waals surface area contributed by atoms with Gasteiger partial charge in [0.15, 0.2) is 11.6 Å². The molecular weight excluding hydrogens is 508 g/mol. The molecular formula is C24H27F2N5O7. The van der Waals surface area contributed by atoms with Crippen molar-refractivity contribution in [1.82, 2.24) is 15.4 Å². The van der Waals surface area contributed by atoms with Gasteiger partial charge in [0.05, 0.1) is 31.6 Å². The van der Waals surface area contributed by atoms with Gasteiger partial charge in [-0.3, -0.25) is 19.3 Å². The summed E-state index contributed by atoms with van der Waals surface area (Å²) < 4.78 is 44.9. The Morgan fingerprint density at radius 1 is 1.16 bits per heavy atom. The second kappa shape index (κ2) is 11.9. The Labute approximate surface area is 216 Å². The van der Waals surface area contributed by atoms with Crippen molar-refractivity contribution in [3.05, 3.63) is 41.8 Å². The second-order valence-corrected chi connectivity index (χ2v) is 8.65. The normalized spacial score (nSPS) is 17.4. The SMILES string of the molecule is CCOC(=O)CC[C@H]1CN(c2cc(F)c(N3CCN(C(=O)CNC(=O)c4ccno4)CC3)c(F)c2)C(=O)O1. The number of aromatic nitrogens is 1. The van der Waals surface area contributed by atoms with Crippen molar-refractivity contribution in [2.45, 2.75) is 25.9 Å². The van der Waals surface area contributed by atoms with Crippen LogP contribution < -0.4 is 15.1 Å². The average Bonchev–Trinajstić information content (AvgIpc) is 3.56. The number of nitrogens with zero attached hydrogens (tertiary/aromatic N) is 4. The van der Waals surface area contributed by atoms with E-state index in [1.54, 1.807) is 6.92 Å². The maximum absolute atomic E-state index is 15.0. The van der Waals surface area contributed by atoms with Crippen LogP contribution in [0.15, 0.2) is 28.9 Å². The van der Waals surface area contributed by atoms with E-state index in [1.807, 2.05) is 0 Å². The van der Waals surface area contributed by atoms with Gasteiger partial charge in [0.2, 0.25) is 11.7 Å². The number of anilines is 2. The molecule has 0 radical (unpaired) electrons. The van der Waals surface area contributed by atoms with Gasteiger partial charge in [0.1, 0.15) is 11.8 Å². The van der Waals surface area contributed by atoms with Crippen LogP contribution in [0.4, 0.5) is 25.0 Å². The van der Waals surface area contributed by atoms with Crippen LogP contribution in [0.2, 0.25) is 0 Å². The molecule has 3 amide bonds. The minimum absolute atomic E-state index is 0.00342. The molecule has 1 atom stereocenters. The summed E-state index contributed by atoms with van der Waals surface area (Å²) in [7, 11) is 0. The van der Waals surface area contributed by atoms with Crippen LogP contribution in [-0.4, -0.2) is 85.9 Å². The molecule has 2 saturated heterocycles. The van der Waals surface area contributed by atoms with Crippen molar-refractivity contribution in [1.29, 1.82) is 0 Å². The van der Waals surface area contributed by atoms with Crippen molar-refractivity contribution in [3.8, 4) is 0 Å². The fraction of sp³-hybridized carbons (Fsp3) is 0.458. The molecule has 4 rings (SSSR count). The largest absolute Gasteiger partial charge is 0.466 e. The Kier molecular flexibility index (Phi) is 8.38. The van der Waals surface area contributed by atoms with Gasteiger partial charge < -0.3 is 29.1 Å². The zero-order valence-corrected chi connectivity index (χ0v) is 20.7. The van der Waals surface area contributed by atoms with E-state index >= 15 is 8.78 Å². The first-order valence-corrected chi connectivity index (χ1v) is 12.1. The third-order valence-corrected chi connectivity index (χ3v) is 6.17. The quantitative estimate of drug-likeness (QED) is 0.476. The highest BCUT2D eigenvalue weighted by Crippen LogP contribution is 2.32. The average molecular weight is 536 g/mol. The summed E-state index contributed by atoms with van der Waals surface area (Å²) in [6, 6.07) is 3.48. The minimum Gasteiger partial charge on any atom is -0.466 e. The molecule has 12 nitrogen and oxygen atoms in total. The Balaban J connectivity index is 1.31. The minimum atomic E-state index is -0.859. The van der Waals surface area contributed by atoms with Gasteiger partial charge in [0, 0.05) is 50.8 Å². The van der Waals surface area contributed by atoms with Crippen molar-refractivity contribution in [2.75, 3.05) is 55.7 Å². The summed E-state index contributed by atoms with van der Waals surface area (Å²) in [5, 5.41) is 5.87. The van der Waals surface area contributed by atoms with Crippen LogP contribution in [-0.2, 0) is 19.1 Å². The number of halogens is 2. The van der Waals surface area contributed by atoms with E-state index in [0.29, 0.717) is 0 Å². The van der Waals surface area contributed by atoms with Gasteiger partial charge >= 0.3 is 12.1 Å². The molecule has 0 bridgehead atoms. The summed E-state index contributed by atoms with van der Waals surface area (Å²) >= 11 is 0. The van der Waals surface area contributed by atoms with Crippen molar-refractivity contribution >= 4 is 35.3 Å². The van der Waals surface area contributed by atoms with Crippen molar-refractivity contribution < 1.29 is 42.0 Å². The molecule has 0 unspecified atom stereocenters. The number of esters is 1. The first-order chi connectivity index (χ1) is 18.3. The third-order valence-electron chi connectivity index (χ3n) is 6.17. The predicted molar refractivity (Wildman–Crippen MR) is 127 cm³/mol. The Morgan fingerprint density at radius 2 is 1.87 bits per heavy atom. The van der Waals surface area contributed by atoms with E-state index in [4.69, 9.17) is 14.0 Å². The molecule has 0 saturated carbocycles. The summed E-state index contributed by atoms with van der Waals surface area (Å²) in [6.45, 7) is 2.43. The zero-order chi connectivity index (χ0) is 27.2. The lowest BCUT2D eigenvalue weighted by Gasteiger charge is -2.36. The molecule has 38 heavy (non-hydrogen) atoms. The van der Waals surface area contributed by atoms with Crippen LogP contribution >= 0.6 is 0 Å². The predicted octanol–water partition coefficient (Wildman–Crippen LogP) is 1.70. The zero-order valence-electron chi connectivity index (χ0n) is 20.7. The van der Waals surface area contributed by atoms with Crippen LogP contribution in [0.1, 0.15) is 30.3 Å². The molecule has 2 aliphatic rings. The molecule has 2 fully saturated rings. The lowest BCUT2D eigenvalue weighted by atomic mass is 10.1. The number of cyclic esters (lactones) is 1. The van der Waals surface area contributed by atoms with E-state index in [1.165, 1.54) is 22.1 Å². The Bertz CT molecular complexity index is 1160. The van der Waals surface area contributed by atoms with Crippen LogP contribution in [0.5, 0.6) is 0 Å². The summed E-state index contributed by atoms with van der Waals surface area (Å²) in [6.07, 6.45) is 0.236. The standard InChI is InChI=1S/C24H27F2N5O7/c1-2-36-21(33)4-3-16-14-31(24(35)37-16)15-11-17(25)22(18(26)12-15)30-9-7-29(8-10-30)20(32)13-27-23(34)19-5-6-28-38-19/h5-6,11-12,16H,2-4,7-10,13-14H2,1H3,(H,27,34)/t16-/m0/s1. The van der Waals surface area contributed by atoms with E-state index in [9.17, 15) is 19.2 Å². The number of amides is 3. The number of hydrogen-bond acceptors (Lipinski definition) is 9. The van der Waals surface area contributed by atoms with E-state index in [0.717, 1.165) is 17.0 Å². The number of nitrogens with one attached hydrogen (secondary N) is 1. The van der Waals surface area contributed by atoms with Gasteiger partial charge in [-0.05, 0) is 13.3 Å². The molecule has 2 aliphatic heterocycles. The number of benzene rings is 1. The molecule has 1 aromatic heterocycles. The van der Waals surface area contributed by atoms with Crippen molar-refractivity contribution in [2.24, 2.45) is 0 Å². The molecule has 3 heterocycles. The smallest absolute Gasteiger partial charge is 0.414 e. The summed E-state index contributed by atoms with van der Waals surface area (Å²) in [4.78, 5) is 52.3. The molecule has 1 aromatic carbocycles. The third kappa shape index (κ3) is 6.18. The molecule has 204 valence electrons. The van der Waals surface area contributed by atoms with Gasteiger partial charge in [-0.2, -0.15) is 0 Å². The number of rotatable bonds is 9. The fourth-order valence-corrected chi connectivity index (χ4v) is 4.27. The molecule has 0 aliphatic carbocycles. The summed E-state index contributed by atoms with van der Waals surface area (Å²) in [5.41, 5.74) is -0.255. The van der Waals surface area contributed by atoms with E-state index < -0.39 is 35.7 Å². The number of ether oxygens (including phenoxy) is 2. The molecule has 0 spiro atoms. The Morgan fingerprint density at radius 3 is 2.50 bits per heavy atom.